The number of rotatable bonds is 3. The second-order valence-corrected chi connectivity index (χ2v) is 6.40. The monoisotopic (exact) mass is 365 g/mol. The molecule has 17 heavy (non-hydrogen) atoms. The van der Waals surface area contributed by atoms with Gasteiger partial charge in [0.05, 0.1) is 10.7 Å². The minimum absolute atomic E-state index is 0.242. The summed E-state index contributed by atoms with van der Waals surface area (Å²) in [5, 5.41) is 9.78. The van der Waals surface area contributed by atoms with Crippen molar-refractivity contribution in [1.29, 1.82) is 0 Å². The average molecular weight is 365 g/mol. The summed E-state index contributed by atoms with van der Waals surface area (Å²) in [5.74, 6) is 3.24. The van der Waals surface area contributed by atoms with Gasteiger partial charge in [0.15, 0.2) is 11.5 Å². The van der Waals surface area contributed by atoms with E-state index in [1.165, 1.54) is 17.1 Å². The summed E-state index contributed by atoms with van der Waals surface area (Å²) in [7, 11) is 1.59. The Kier molecular flexibility index (Phi) is 4.81. The number of ether oxygens (including phenoxy) is 1. The number of phenols is 1. The average Bonchev–Trinajstić information content (AvgIpc) is 2.35. The van der Waals surface area contributed by atoms with Crippen LogP contribution in [-0.4, -0.2) is 41.7 Å². The van der Waals surface area contributed by atoms with Crippen LogP contribution in [0.3, 0.4) is 0 Å². The third-order valence-electron chi connectivity index (χ3n) is 2.82. The molecule has 0 amide bonds. The van der Waals surface area contributed by atoms with Gasteiger partial charge < -0.3 is 9.84 Å². The second kappa shape index (κ2) is 6.15. The van der Waals surface area contributed by atoms with Crippen molar-refractivity contribution in [2.75, 3.05) is 31.7 Å². The van der Waals surface area contributed by atoms with Crippen molar-refractivity contribution < 1.29 is 9.84 Å². The number of methoxy groups -OCH3 is 1. The molecule has 1 aromatic rings. The van der Waals surface area contributed by atoms with Crippen LogP contribution in [0.25, 0.3) is 0 Å². The Morgan fingerprint density at radius 2 is 2.12 bits per heavy atom. The maximum Gasteiger partial charge on any atom is 0.171 e. The molecule has 1 heterocycles. The number of hydrogen-bond acceptors (Lipinski definition) is 4. The molecule has 1 aromatic carbocycles. The van der Waals surface area contributed by atoms with Gasteiger partial charge in [0.1, 0.15) is 0 Å². The summed E-state index contributed by atoms with van der Waals surface area (Å²) < 4.78 is 6.03. The van der Waals surface area contributed by atoms with E-state index in [1.807, 2.05) is 23.9 Å². The molecule has 5 heteroatoms. The van der Waals surface area contributed by atoms with E-state index < -0.39 is 0 Å². The number of hydrogen-bond donors (Lipinski definition) is 1. The standard InChI is InChI=1S/C12H16INO2S/c1-16-11-7-9(6-10(13)12(11)15)8-14-2-4-17-5-3-14/h6-7,15H,2-5,8H2,1H3. The first-order valence-electron chi connectivity index (χ1n) is 5.56. The Hall–Kier alpha value is -0.140. The zero-order valence-electron chi connectivity index (χ0n) is 9.78. The molecular formula is C12H16INO2S. The fourth-order valence-corrected chi connectivity index (χ4v) is 3.54. The van der Waals surface area contributed by atoms with Crippen molar-refractivity contribution in [3.05, 3.63) is 21.3 Å². The molecular weight excluding hydrogens is 349 g/mol. The van der Waals surface area contributed by atoms with Crippen molar-refractivity contribution in [2.45, 2.75) is 6.54 Å². The third-order valence-corrected chi connectivity index (χ3v) is 4.58. The lowest BCUT2D eigenvalue weighted by Crippen LogP contribution is -2.31. The second-order valence-electron chi connectivity index (χ2n) is 4.02. The van der Waals surface area contributed by atoms with E-state index >= 15 is 0 Å². The Bertz CT molecular complexity index is 394. The van der Waals surface area contributed by atoms with Gasteiger partial charge in [-0.1, -0.05) is 0 Å². The number of benzene rings is 1. The summed E-state index contributed by atoms with van der Waals surface area (Å²) in [6.07, 6.45) is 0. The first kappa shape index (κ1) is 13.3. The van der Waals surface area contributed by atoms with E-state index in [0.29, 0.717) is 5.75 Å². The molecule has 1 saturated heterocycles. The van der Waals surface area contributed by atoms with Gasteiger partial charge in [-0.15, -0.1) is 0 Å². The Morgan fingerprint density at radius 3 is 2.76 bits per heavy atom. The molecule has 0 spiro atoms. The van der Waals surface area contributed by atoms with E-state index in [1.54, 1.807) is 7.11 Å². The SMILES string of the molecule is COc1cc(CN2CCSCC2)cc(I)c1O. The lowest BCUT2D eigenvalue weighted by atomic mass is 10.2. The summed E-state index contributed by atoms with van der Waals surface area (Å²) in [6.45, 7) is 3.22. The lowest BCUT2D eigenvalue weighted by Gasteiger charge is -2.26. The van der Waals surface area contributed by atoms with E-state index in [0.717, 1.165) is 23.2 Å². The molecule has 1 N–H and O–H groups in total. The van der Waals surface area contributed by atoms with Crippen LogP contribution < -0.4 is 4.74 Å². The molecule has 1 fully saturated rings. The number of phenolic OH excluding ortho intramolecular Hbond substituents is 1. The van der Waals surface area contributed by atoms with E-state index in [9.17, 15) is 5.11 Å². The molecule has 0 radical (unpaired) electrons. The number of halogens is 1. The molecule has 0 saturated carbocycles. The lowest BCUT2D eigenvalue weighted by molar-refractivity contribution is 0.293. The zero-order chi connectivity index (χ0) is 12.3. The highest BCUT2D eigenvalue weighted by atomic mass is 127. The van der Waals surface area contributed by atoms with Gasteiger partial charge in [0.2, 0.25) is 0 Å². The van der Waals surface area contributed by atoms with Gasteiger partial charge in [-0.25, -0.2) is 0 Å². The highest BCUT2D eigenvalue weighted by Gasteiger charge is 2.13. The first-order valence-corrected chi connectivity index (χ1v) is 7.79. The predicted octanol–water partition coefficient (Wildman–Crippen LogP) is 2.55. The fraction of sp³-hybridized carbons (Fsp3) is 0.500. The van der Waals surface area contributed by atoms with Gasteiger partial charge in [0, 0.05) is 31.1 Å². The maximum absolute atomic E-state index is 9.78. The quantitative estimate of drug-likeness (QED) is 0.835. The number of thioether (sulfide) groups is 1. The van der Waals surface area contributed by atoms with Gasteiger partial charge in [-0.3, -0.25) is 4.90 Å². The zero-order valence-corrected chi connectivity index (χ0v) is 12.8. The largest absolute Gasteiger partial charge is 0.504 e. The fourth-order valence-electron chi connectivity index (χ4n) is 1.89. The summed E-state index contributed by atoms with van der Waals surface area (Å²) >= 11 is 4.16. The number of nitrogens with zero attached hydrogens (tertiary/aromatic N) is 1. The number of aromatic hydroxyl groups is 1. The van der Waals surface area contributed by atoms with Crippen LogP contribution in [0.1, 0.15) is 5.56 Å². The molecule has 94 valence electrons. The molecule has 3 nitrogen and oxygen atoms in total. The van der Waals surface area contributed by atoms with Crippen molar-refractivity contribution in [3.63, 3.8) is 0 Å². The van der Waals surface area contributed by atoms with Crippen molar-refractivity contribution in [1.82, 2.24) is 4.90 Å². The normalized spacial score (nSPS) is 17.1. The van der Waals surface area contributed by atoms with Gasteiger partial charge in [-0.2, -0.15) is 11.8 Å². The topological polar surface area (TPSA) is 32.7 Å². The van der Waals surface area contributed by atoms with Crippen LogP contribution in [0, 0.1) is 3.57 Å². The van der Waals surface area contributed by atoms with Crippen LogP contribution in [0.2, 0.25) is 0 Å². The van der Waals surface area contributed by atoms with Crippen molar-refractivity contribution in [3.8, 4) is 11.5 Å². The van der Waals surface area contributed by atoms with Crippen LogP contribution >= 0.6 is 34.4 Å². The van der Waals surface area contributed by atoms with E-state index in [-0.39, 0.29) is 5.75 Å². The molecule has 0 aromatic heterocycles. The highest BCUT2D eigenvalue weighted by Crippen LogP contribution is 2.32. The van der Waals surface area contributed by atoms with Gasteiger partial charge in [0.25, 0.3) is 0 Å². The van der Waals surface area contributed by atoms with Crippen molar-refractivity contribution in [2.24, 2.45) is 0 Å². The Morgan fingerprint density at radius 1 is 1.41 bits per heavy atom. The Labute approximate surface area is 120 Å². The van der Waals surface area contributed by atoms with Crippen LogP contribution in [0.4, 0.5) is 0 Å². The molecule has 1 aliphatic rings. The molecule has 0 aliphatic carbocycles. The van der Waals surface area contributed by atoms with Crippen LogP contribution in [-0.2, 0) is 6.54 Å². The van der Waals surface area contributed by atoms with Gasteiger partial charge >= 0.3 is 0 Å². The minimum Gasteiger partial charge on any atom is -0.504 e. The molecule has 0 bridgehead atoms. The third kappa shape index (κ3) is 3.42. The van der Waals surface area contributed by atoms with E-state index in [4.69, 9.17) is 4.74 Å². The predicted molar refractivity (Wildman–Crippen MR) is 80.0 cm³/mol. The minimum atomic E-state index is 0.242. The van der Waals surface area contributed by atoms with Crippen molar-refractivity contribution >= 4 is 34.4 Å². The van der Waals surface area contributed by atoms with Crippen LogP contribution in [0.15, 0.2) is 12.1 Å². The van der Waals surface area contributed by atoms with E-state index in [2.05, 4.69) is 27.5 Å². The highest BCUT2D eigenvalue weighted by molar-refractivity contribution is 14.1. The molecule has 1 aliphatic heterocycles. The molecule has 0 atom stereocenters. The molecule has 0 unspecified atom stereocenters. The molecule has 2 rings (SSSR count). The first-order chi connectivity index (χ1) is 8.20. The summed E-state index contributed by atoms with van der Waals surface area (Å²) in [5.41, 5.74) is 1.20. The smallest absolute Gasteiger partial charge is 0.171 e. The summed E-state index contributed by atoms with van der Waals surface area (Å²) in [6, 6.07) is 3.96. The summed E-state index contributed by atoms with van der Waals surface area (Å²) in [4.78, 5) is 2.44. The maximum atomic E-state index is 9.78. The van der Waals surface area contributed by atoms with Crippen LogP contribution in [0.5, 0.6) is 11.5 Å². The Balaban J connectivity index is 2.12. The van der Waals surface area contributed by atoms with Gasteiger partial charge in [-0.05, 0) is 40.3 Å².